The van der Waals surface area contributed by atoms with Crippen LogP contribution in [-0.4, -0.2) is 21.1 Å². The first kappa shape index (κ1) is 65.2. The van der Waals surface area contributed by atoms with Crippen molar-refractivity contribution in [1.82, 2.24) is 5.32 Å². The summed E-state index contributed by atoms with van der Waals surface area (Å²) in [5.41, 5.74) is 11.9. The Bertz CT molecular complexity index is 1050. The minimum atomic E-state index is 0.833. The van der Waals surface area contributed by atoms with Crippen molar-refractivity contribution in [1.29, 1.82) is 0 Å². The van der Waals surface area contributed by atoms with Gasteiger partial charge in [-0.1, -0.05) is 149 Å². The molecule has 292 valence electrons. The lowest BCUT2D eigenvalue weighted by Gasteiger charge is -2.07. The number of benzene rings is 1. The molecule has 1 aliphatic carbocycles. The van der Waals surface area contributed by atoms with Gasteiger partial charge < -0.3 is 11.1 Å². The fourth-order valence-electron chi connectivity index (χ4n) is 2.91. The summed E-state index contributed by atoms with van der Waals surface area (Å²) in [6.45, 7) is 61.6. The van der Waals surface area contributed by atoms with E-state index in [1.54, 1.807) is 5.57 Å². The van der Waals surface area contributed by atoms with E-state index in [4.69, 9.17) is 0 Å². The minimum Gasteiger partial charge on any atom is -0.333 e. The first-order valence-corrected chi connectivity index (χ1v) is 18.5. The van der Waals surface area contributed by atoms with Crippen molar-refractivity contribution in [3.8, 4) is 0 Å². The summed E-state index contributed by atoms with van der Waals surface area (Å²) in [6.07, 6.45) is 13.1. The van der Waals surface area contributed by atoms with E-state index in [1.165, 1.54) is 43.9 Å². The van der Waals surface area contributed by atoms with Crippen molar-refractivity contribution < 1.29 is 0 Å². The topological polar surface area (TPSA) is 38.0 Å². The van der Waals surface area contributed by atoms with Crippen LogP contribution in [0.3, 0.4) is 0 Å². The van der Waals surface area contributed by atoms with Crippen LogP contribution < -0.4 is 21.5 Å². The third-order valence-corrected chi connectivity index (χ3v) is 6.59. The van der Waals surface area contributed by atoms with E-state index in [2.05, 4.69) is 170 Å². The maximum Gasteiger partial charge on any atom is -0.0167 e. The average Bonchev–Trinajstić information content (AvgIpc) is 3.99. The molecule has 2 heteroatoms. The first-order chi connectivity index (χ1) is 23.7. The maximum atomic E-state index is 4.50. The van der Waals surface area contributed by atoms with E-state index < -0.39 is 0 Å². The molecule has 0 heterocycles. The molecule has 1 fully saturated rings. The van der Waals surface area contributed by atoms with Crippen LogP contribution in [0.4, 0.5) is 0 Å². The summed E-state index contributed by atoms with van der Waals surface area (Å²) in [4.78, 5) is 0. The maximum absolute atomic E-state index is 4.50. The van der Waals surface area contributed by atoms with Crippen LogP contribution in [-0.2, 0) is 0 Å². The highest BCUT2D eigenvalue weighted by atomic mass is 14.7. The fraction of sp³-hybridized carbons (Fsp3) is 0.500. The number of nitrogens with one attached hydrogen (secondary N) is 1. The predicted molar refractivity (Wildman–Crippen MR) is 245 cm³/mol. The molecule has 1 aromatic rings. The largest absolute Gasteiger partial charge is 0.333 e. The summed E-state index contributed by atoms with van der Waals surface area (Å²) in [5, 5.41) is 4.70. The number of hydrogen-bond donors (Lipinski definition) is 2. The molecule has 50 heavy (non-hydrogen) atoms. The van der Waals surface area contributed by atoms with Crippen LogP contribution in [0.25, 0.3) is 18.7 Å². The van der Waals surface area contributed by atoms with Gasteiger partial charge in [0.1, 0.15) is 0 Å². The Hall–Kier alpha value is -3.20. The van der Waals surface area contributed by atoms with E-state index in [1.807, 2.05) is 47.9 Å². The predicted octanol–water partition coefficient (Wildman–Crippen LogP) is 13.7. The zero-order chi connectivity index (χ0) is 41.8. The molecule has 1 aromatic carbocycles. The van der Waals surface area contributed by atoms with Crippen molar-refractivity contribution in [2.75, 3.05) is 21.1 Å². The van der Waals surface area contributed by atoms with Gasteiger partial charge in [-0.05, 0) is 119 Å². The van der Waals surface area contributed by atoms with Gasteiger partial charge in [0.25, 0.3) is 0 Å². The number of allylic oxidation sites excluding steroid dienone is 8. The van der Waals surface area contributed by atoms with Gasteiger partial charge in [0.15, 0.2) is 0 Å². The van der Waals surface area contributed by atoms with Crippen molar-refractivity contribution >= 4 is 18.7 Å². The van der Waals surface area contributed by atoms with E-state index in [9.17, 15) is 0 Å². The normalized spacial score (nSPS) is 10.9. The average molecular weight is 695 g/mol. The quantitative estimate of drug-likeness (QED) is 0.210. The van der Waals surface area contributed by atoms with Gasteiger partial charge in [-0.3, -0.25) is 0 Å². The Morgan fingerprint density at radius 1 is 0.780 bits per heavy atom. The van der Waals surface area contributed by atoms with Crippen LogP contribution in [0.5, 0.6) is 0 Å². The van der Waals surface area contributed by atoms with E-state index >= 15 is 0 Å². The minimum absolute atomic E-state index is 0.833. The lowest BCUT2D eigenvalue weighted by Crippen LogP contribution is -2.21. The molecule has 0 bridgehead atoms. The summed E-state index contributed by atoms with van der Waals surface area (Å²) >= 11 is 0. The van der Waals surface area contributed by atoms with E-state index in [-0.39, 0.29) is 0 Å². The lowest BCUT2D eigenvalue weighted by atomic mass is 9.98. The van der Waals surface area contributed by atoms with Gasteiger partial charge in [0, 0.05) is 0 Å². The van der Waals surface area contributed by atoms with Crippen LogP contribution in [0, 0.1) is 17.8 Å². The monoisotopic (exact) mass is 695 g/mol. The van der Waals surface area contributed by atoms with Crippen LogP contribution in [0.2, 0.25) is 0 Å². The molecule has 1 saturated carbocycles. The molecule has 0 aliphatic heterocycles. The zero-order valence-electron chi connectivity index (χ0n) is 36.9. The molecular formula is C48H90N2. The zero-order valence-corrected chi connectivity index (χ0v) is 36.9. The molecule has 0 atom stereocenters. The third-order valence-electron chi connectivity index (χ3n) is 6.59. The summed E-state index contributed by atoms with van der Waals surface area (Å²) in [5.74, 6) is 2.61. The Balaban J connectivity index is -0.0000000816. The van der Waals surface area contributed by atoms with Gasteiger partial charge in [-0.25, -0.2) is 0 Å². The number of rotatable bonds is 8. The summed E-state index contributed by atoms with van der Waals surface area (Å²) < 4.78 is 0. The van der Waals surface area contributed by atoms with Crippen molar-refractivity contribution in [2.24, 2.45) is 23.5 Å². The highest BCUT2D eigenvalue weighted by Gasteiger charge is 2.23. The molecule has 2 rings (SSSR count). The number of hydrogen-bond acceptors (Lipinski definition) is 2. The molecular weight excluding hydrogens is 605 g/mol. The molecule has 1 aliphatic rings. The standard InChI is InChI=1S/C20H24.C7H12.C6H14.C4H10.C2H7N.C2H6.3C2H4.CH5N/c1-6-18(19-11-12-19)9-8-15(3)17(5)20-10-7-14(2)16(4)13-20;1-5-7(4)6(2)3;1-4-6(3)5-2;1-4(2)3;1-3-2;5*1-2/h7-10,13,19H,2,4-6,11-12H2,1,3H3;5H,2H2,1,3-4H3;6H,4-5H2,1-3H3;4H,1-3H3;3H,1-2H3;1-2H3;3*1-2H2;2H2,1H3/b15-8+,18-9+;7-5-;;;;;;;;. The van der Waals surface area contributed by atoms with Gasteiger partial charge in [-0.15, -0.1) is 39.5 Å². The van der Waals surface area contributed by atoms with Crippen LogP contribution in [0.1, 0.15) is 128 Å². The van der Waals surface area contributed by atoms with Gasteiger partial charge >= 0.3 is 0 Å². The molecule has 0 spiro atoms. The highest BCUT2D eigenvalue weighted by Crippen LogP contribution is 2.38. The molecule has 0 saturated heterocycles. The lowest BCUT2D eigenvalue weighted by molar-refractivity contribution is 0.544. The number of nitrogens with two attached hydrogens (primary N) is 1. The molecule has 3 N–H and O–H groups in total. The Kier molecular flexibility index (Phi) is 68.6. The molecule has 0 aromatic heterocycles. The van der Waals surface area contributed by atoms with Gasteiger partial charge in [0.05, 0.1) is 0 Å². The second-order valence-corrected chi connectivity index (χ2v) is 11.6. The van der Waals surface area contributed by atoms with Crippen molar-refractivity contribution in [3.63, 3.8) is 0 Å². The van der Waals surface area contributed by atoms with Crippen molar-refractivity contribution in [3.05, 3.63) is 127 Å². The second kappa shape index (κ2) is 52.6. The molecule has 0 unspecified atom stereocenters. The summed E-state index contributed by atoms with van der Waals surface area (Å²) in [7, 11) is 5.25. The van der Waals surface area contributed by atoms with Crippen LogP contribution in [0.15, 0.2) is 111 Å². The molecule has 2 nitrogen and oxygen atoms in total. The molecule has 0 amide bonds. The Labute approximate surface area is 317 Å². The fourth-order valence-corrected chi connectivity index (χ4v) is 2.91. The second-order valence-electron chi connectivity index (χ2n) is 11.6. The first-order valence-electron chi connectivity index (χ1n) is 18.5. The van der Waals surface area contributed by atoms with Crippen molar-refractivity contribution in [2.45, 2.75) is 122 Å². The van der Waals surface area contributed by atoms with E-state index in [0.717, 1.165) is 51.3 Å². The SMILES string of the molecule is C=C.C=C.C=C.C=C(/C(C)=C/C=C(\CC)C1CC1)c1ccc(=C)c(=C)c1.C=C(C)/C(C)=C\C.CC.CC(C)C.CCC(C)CC.CN.CNC. The summed E-state index contributed by atoms with van der Waals surface area (Å²) in [6, 6.07) is 6.14. The Morgan fingerprint density at radius 3 is 1.38 bits per heavy atom. The third kappa shape index (κ3) is 49.2. The highest BCUT2D eigenvalue weighted by molar-refractivity contribution is 5.77. The smallest absolute Gasteiger partial charge is 0.0167 e. The Morgan fingerprint density at radius 2 is 1.16 bits per heavy atom. The molecule has 0 radical (unpaired) electrons. The van der Waals surface area contributed by atoms with E-state index in [0.29, 0.717) is 0 Å². The van der Waals surface area contributed by atoms with Crippen LogP contribution >= 0.6 is 0 Å². The van der Waals surface area contributed by atoms with Gasteiger partial charge in [-0.2, -0.15) is 0 Å². The van der Waals surface area contributed by atoms with Gasteiger partial charge in [0.2, 0.25) is 0 Å².